The van der Waals surface area contributed by atoms with Gasteiger partial charge in [0.2, 0.25) is 5.91 Å². The van der Waals surface area contributed by atoms with Gasteiger partial charge in [-0.3, -0.25) is 9.69 Å². The summed E-state index contributed by atoms with van der Waals surface area (Å²) in [4.78, 5) is 18.7. The second kappa shape index (κ2) is 8.09. The lowest BCUT2D eigenvalue weighted by atomic mass is 10.2. The largest absolute Gasteiger partial charge is 0.379 e. The quantitative estimate of drug-likeness (QED) is 0.797. The molecule has 0 aromatic carbocycles. The number of amides is 1. The van der Waals surface area contributed by atoms with Crippen LogP contribution in [0.2, 0.25) is 0 Å². The topological polar surface area (TPSA) is 72.3 Å². The van der Waals surface area contributed by atoms with Crippen LogP contribution >= 0.6 is 0 Å². The van der Waals surface area contributed by atoms with E-state index in [2.05, 4.69) is 20.3 Å². The molecule has 7 heteroatoms. The summed E-state index contributed by atoms with van der Waals surface area (Å²) >= 11 is 0. The van der Waals surface area contributed by atoms with Crippen LogP contribution < -0.4 is 5.32 Å². The second-order valence-electron chi connectivity index (χ2n) is 5.17. The molecule has 2 rings (SSSR count). The summed E-state index contributed by atoms with van der Waals surface area (Å²) in [5, 5.41) is 7.23. The summed E-state index contributed by atoms with van der Waals surface area (Å²) in [7, 11) is 0. The molecule has 1 aliphatic rings. The van der Waals surface area contributed by atoms with Gasteiger partial charge in [0.1, 0.15) is 12.2 Å². The Labute approximate surface area is 125 Å². The molecule has 7 nitrogen and oxygen atoms in total. The Morgan fingerprint density at radius 1 is 1.43 bits per heavy atom. The minimum atomic E-state index is -0.0651. The Bertz CT molecular complexity index is 442. The fraction of sp³-hybridized carbons (Fsp3) is 0.786. The first kappa shape index (κ1) is 15.9. The van der Waals surface area contributed by atoms with Gasteiger partial charge in [0.25, 0.3) is 0 Å². The molecule has 118 valence electrons. The summed E-state index contributed by atoms with van der Waals surface area (Å²) in [6.07, 6.45) is 2.86. The zero-order valence-corrected chi connectivity index (χ0v) is 12.9. The van der Waals surface area contributed by atoms with E-state index >= 15 is 0 Å². The third-order valence-corrected chi connectivity index (χ3v) is 3.76. The van der Waals surface area contributed by atoms with E-state index in [1.807, 2.05) is 18.5 Å². The standard InChI is InChI=1S/C14H25N5O2/c1-3-12(14-15-11-16-19(14)4-2)17-13(20)5-6-18-7-9-21-10-8-18/h11-12H,3-10H2,1-2H3,(H,17,20)/t12-/m1/s1. The first-order valence-electron chi connectivity index (χ1n) is 7.71. The van der Waals surface area contributed by atoms with E-state index in [1.165, 1.54) is 0 Å². The van der Waals surface area contributed by atoms with Crippen molar-refractivity contribution in [2.45, 2.75) is 39.3 Å². The van der Waals surface area contributed by atoms with Crippen LogP contribution in [0.15, 0.2) is 6.33 Å². The summed E-state index contributed by atoms with van der Waals surface area (Å²) in [6, 6.07) is -0.0651. The lowest BCUT2D eigenvalue weighted by Gasteiger charge is -2.26. The molecule has 0 saturated carbocycles. The highest BCUT2D eigenvalue weighted by molar-refractivity contribution is 5.76. The number of nitrogens with zero attached hydrogens (tertiary/aromatic N) is 4. The molecule has 2 heterocycles. The molecule has 1 saturated heterocycles. The Morgan fingerprint density at radius 3 is 2.86 bits per heavy atom. The maximum Gasteiger partial charge on any atom is 0.221 e. The molecule has 0 unspecified atom stereocenters. The average molecular weight is 295 g/mol. The van der Waals surface area contributed by atoms with Gasteiger partial charge in [-0.1, -0.05) is 6.92 Å². The normalized spacial score (nSPS) is 17.6. The molecule has 0 bridgehead atoms. The van der Waals surface area contributed by atoms with E-state index < -0.39 is 0 Å². The molecule has 1 fully saturated rings. The summed E-state index contributed by atoms with van der Waals surface area (Å²) < 4.78 is 7.13. The molecule has 1 aromatic heterocycles. The second-order valence-corrected chi connectivity index (χ2v) is 5.17. The SMILES string of the molecule is CC[C@@H](NC(=O)CCN1CCOCC1)c1ncnn1CC. The van der Waals surface area contributed by atoms with Crippen molar-refractivity contribution in [3.05, 3.63) is 12.2 Å². The molecule has 0 spiro atoms. The zero-order valence-electron chi connectivity index (χ0n) is 12.9. The third-order valence-electron chi connectivity index (χ3n) is 3.76. The number of nitrogens with one attached hydrogen (secondary N) is 1. The van der Waals surface area contributed by atoms with Crippen LogP contribution in [-0.4, -0.2) is 58.4 Å². The van der Waals surface area contributed by atoms with E-state index in [4.69, 9.17) is 4.74 Å². The molecular weight excluding hydrogens is 270 g/mol. The maximum absolute atomic E-state index is 12.1. The fourth-order valence-corrected chi connectivity index (χ4v) is 2.49. The van der Waals surface area contributed by atoms with Gasteiger partial charge in [-0.05, 0) is 13.3 Å². The molecule has 1 N–H and O–H groups in total. The first-order chi connectivity index (χ1) is 10.2. The number of ether oxygens (including phenoxy) is 1. The van der Waals surface area contributed by atoms with E-state index in [-0.39, 0.29) is 11.9 Å². The molecule has 0 radical (unpaired) electrons. The number of rotatable bonds is 7. The van der Waals surface area contributed by atoms with Crippen molar-refractivity contribution < 1.29 is 9.53 Å². The van der Waals surface area contributed by atoms with Gasteiger partial charge < -0.3 is 10.1 Å². The van der Waals surface area contributed by atoms with Crippen LogP contribution in [0.4, 0.5) is 0 Å². The van der Waals surface area contributed by atoms with Gasteiger partial charge >= 0.3 is 0 Å². The minimum Gasteiger partial charge on any atom is -0.379 e. The number of hydrogen-bond acceptors (Lipinski definition) is 5. The molecule has 1 amide bonds. The maximum atomic E-state index is 12.1. The van der Waals surface area contributed by atoms with Crippen LogP contribution in [-0.2, 0) is 16.1 Å². The highest BCUT2D eigenvalue weighted by Crippen LogP contribution is 2.13. The van der Waals surface area contributed by atoms with Crippen molar-refractivity contribution in [3.8, 4) is 0 Å². The third kappa shape index (κ3) is 4.50. The first-order valence-corrected chi connectivity index (χ1v) is 7.71. The molecule has 1 atom stereocenters. The number of hydrogen-bond donors (Lipinski definition) is 1. The Balaban J connectivity index is 1.82. The van der Waals surface area contributed by atoms with Crippen molar-refractivity contribution >= 4 is 5.91 Å². The Morgan fingerprint density at radius 2 is 2.19 bits per heavy atom. The Hall–Kier alpha value is -1.47. The highest BCUT2D eigenvalue weighted by Gasteiger charge is 2.19. The molecule has 1 aliphatic heterocycles. The zero-order chi connectivity index (χ0) is 15.1. The van der Waals surface area contributed by atoms with E-state index in [0.717, 1.165) is 51.6 Å². The van der Waals surface area contributed by atoms with Crippen LogP contribution in [0.1, 0.15) is 38.6 Å². The van der Waals surface area contributed by atoms with Crippen molar-refractivity contribution in [2.75, 3.05) is 32.8 Å². The van der Waals surface area contributed by atoms with E-state index in [0.29, 0.717) is 6.42 Å². The van der Waals surface area contributed by atoms with E-state index in [9.17, 15) is 4.79 Å². The van der Waals surface area contributed by atoms with Gasteiger partial charge in [0, 0.05) is 32.6 Å². The van der Waals surface area contributed by atoms with Crippen molar-refractivity contribution in [3.63, 3.8) is 0 Å². The summed E-state index contributed by atoms with van der Waals surface area (Å²) in [5.41, 5.74) is 0. The molecular formula is C14H25N5O2. The van der Waals surface area contributed by atoms with E-state index in [1.54, 1.807) is 6.33 Å². The highest BCUT2D eigenvalue weighted by atomic mass is 16.5. The predicted molar refractivity (Wildman–Crippen MR) is 78.7 cm³/mol. The predicted octanol–water partition coefficient (Wildman–Crippen LogP) is 0.588. The molecule has 1 aromatic rings. The van der Waals surface area contributed by atoms with Gasteiger partial charge in [-0.2, -0.15) is 5.10 Å². The molecule has 0 aliphatic carbocycles. The lowest BCUT2D eigenvalue weighted by molar-refractivity contribution is -0.122. The van der Waals surface area contributed by atoms with Crippen LogP contribution in [0.25, 0.3) is 0 Å². The number of aryl methyl sites for hydroxylation is 1. The fourth-order valence-electron chi connectivity index (χ4n) is 2.49. The minimum absolute atomic E-state index is 0.0651. The number of morpholine rings is 1. The van der Waals surface area contributed by atoms with Crippen LogP contribution in [0.5, 0.6) is 0 Å². The molecule has 21 heavy (non-hydrogen) atoms. The van der Waals surface area contributed by atoms with Crippen LogP contribution in [0.3, 0.4) is 0 Å². The van der Waals surface area contributed by atoms with Crippen molar-refractivity contribution in [2.24, 2.45) is 0 Å². The van der Waals surface area contributed by atoms with Gasteiger partial charge in [-0.25, -0.2) is 9.67 Å². The van der Waals surface area contributed by atoms with Crippen molar-refractivity contribution in [1.82, 2.24) is 25.0 Å². The Kier molecular flexibility index (Phi) is 6.13. The summed E-state index contributed by atoms with van der Waals surface area (Å²) in [5.74, 6) is 0.902. The summed E-state index contributed by atoms with van der Waals surface area (Å²) in [6.45, 7) is 8.95. The monoisotopic (exact) mass is 295 g/mol. The number of carbonyl (C=O) groups excluding carboxylic acids is 1. The average Bonchev–Trinajstić information content (AvgIpc) is 3.00. The lowest BCUT2D eigenvalue weighted by Crippen LogP contribution is -2.39. The van der Waals surface area contributed by atoms with Gasteiger partial charge in [0.05, 0.1) is 19.3 Å². The smallest absolute Gasteiger partial charge is 0.221 e. The van der Waals surface area contributed by atoms with Gasteiger partial charge in [-0.15, -0.1) is 0 Å². The number of aromatic nitrogens is 3. The van der Waals surface area contributed by atoms with Crippen LogP contribution in [0, 0.1) is 0 Å². The van der Waals surface area contributed by atoms with Gasteiger partial charge in [0.15, 0.2) is 0 Å². The number of carbonyl (C=O) groups is 1. The van der Waals surface area contributed by atoms with Crippen molar-refractivity contribution in [1.29, 1.82) is 0 Å².